The quantitative estimate of drug-likeness (QED) is 0.242. The number of carboxylic acids is 2. The number of halogens is 1. The molecular weight excluding hydrogens is 569 g/mol. The second-order valence-electron chi connectivity index (χ2n) is 10.6. The van der Waals surface area contributed by atoms with Gasteiger partial charge in [-0.15, -0.1) is 0 Å². The molecule has 10 nitrogen and oxygen atoms in total. The molecule has 0 unspecified atom stereocenters. The van der Waals surface area contributed by atoms with Crippen LogP contribution >= 0.6 is 0 Å². The summed E-state index contributed by atoms with van der Waals surface area (Å²) in [5.74, 6) is 0.159. The molecule has 0 bridgehead atoms. The molecule has 0 amide bonds. The summed E-state index contributed by atoms with van der Waals surface area (Å²) in [5.41, 5.74) is 4.33. The monoisotopic (exact) mass is 607 g/mol. The second kappa shape index (κ2) is 15.2. The average Bonchev–Trinajstić information content (AvgIpc) is 3.37. The van der Waals surface area contributed by atoms with E-state index in [1.54, 1.807) is 21.3 Å². The number of aliphatic carboxylic acids is 2. The number of imidazole rings is 1. The van der Waals surface area contributed by atoms with Gasteiger partial charge in [0.05, 0.1) is 32.4 Å². The van der Waals surface area contributed by atoms with E-state index >= 15 is 0 Å². The Morgan fingerprint density at radius 3 is 2.14 bits per heavy atom. The van der Waals surface area contributed by atoms with Gasteiger partial charge in [-0.25, -0.2) is 19.0 Å². The molecule has 0 saturated carbocycles. The van der Waals surface area contributed by atoms with E-state index in [4.69, 9.17) is 39.0 Å². The van der Waals surface area contributed by atoms with Crippen molar-refractivity contribution in [2.75, 3.05) is 41.0 Å². The van der Waals surface area contributed by atoms with Crippen molar-refractivity contribution in [1.82, 2.24) is 14.5 Å². The normalized spacial score (nSPS) is 13.6. The number of piperidine rings is 1. The van der Waals surface area contributed by atoms with E-state index in [9.17, 15) is 4.39 Å². The second-order valence-corrected chi connectivity index (χ2v) is 10.6. The van der Waals surface area contributed by atoms with Crippen LogP contribution in [0.25, 0.3) is 11.0 Å². The van der Waals surface area contributed by atoms with Crippen LogP contribution in [0.1, 0.15) is 29.8 Å². The van der Waals surface area contributed by atoms with Crippen LogP contribution in [-0.4, -0.2) is 77.6 Å². The van der Waals surface area contributed by atoms with Crippen LogP contribution in [0, 0.1) is 11.7 Å². The predicted octanol–water partition coefficient (Wildman–Crippen LogP) is 4.90. The van der Waals surface area contributed by atoms with Crippen molar-refractivity contribution in [3.63, 3.8) is 0 Å². The molecule has 0 radical (unpaired) electrons. The zero-order valence-corrected chi connectivity index (χ0v) is 25.2. The van der Waals surface area contributed by atoms with Crippen LogP contribution in [0.15, 0.2) is 60.7 Å². The van der Waals surface area contributed by atoms with Gasteiger partial charge in [-0.2, -0.15) is 0 Å². The lowest BCUT2D eigenvalue weighted by Crippen LogP contribution is -2.36. The molecule has 234 valence electrons. The summed E-state index contributed by atoms with van der Waals surface area (Å²) < 4.78 is 32.1. The van der Waals surface area contributed by atoms with Crippen molar-refractivity contribution in [3.8, 4) is 17.2 Å². The highest BCUT2D eigenvalue weighted by Gasteiger charge is 2.23. The molecule has 2 N–H and O–H groups in total. The predicted molar refractivity (Wildman–Crippen MR) is 163 cm³/mol. The molecule has 0 atom stereocenters. The molecule has 0 spiro atoms. The topological polar surface area (TPSA) is 123 Å². The summed E-state index contributed by atoms with van der Waals surface area (Å²) in [4.78, 5) is 25.8. The average molecular weight is 608 g/mol. The number of carbonyl (C=O) groups is 2. The molecule has 2 heterocycles. The molecule has 44 heavy (non-hydrogen) atoms. The lowest BCUT2D eigenvalue weighted by atomic mass is 9.93. The van der Waals surface area contributed by atoms with Gasteiger partial charge in [0.2, 0.25) is 0 Å². The van der Waals surface area contributed by atoms with E-state index in [1.165, 1.54) is 17.7 Å². The highest BCUT2D eigenvalue weighted by molar-refractivity contribution is 6.27. The molecule has 1 fully saturated rings. The molecule has 0 aliphatic carbocycles. The number of aromatic nitrogens is 2. The first-order valence-corrected chi connectivity index (χ1v) is 14.4. The molecule has 5 rings (SSSR count). The molecular formula is C33H38FN3O7. The Morgan fingerprint density at radius 1 is 0.864 bits per heavy atom. The first kappa shape index (κ1) is 32.3. The zero-order valence-electron chi connectivity index (χ0n) is 25.2. The van der Waals surface area contributed by atoms with Crippen LogP contribution in [0.3, 0.4) is 0 Å². The van der Waals surface area contributed by atoms with Gasteiger partial charge in [0, 0.05) is 25.6 Å². The Hall–Kier alpha value is -4.64. The lowest BCUT2D eigenvalue weighted by molar-refractivity contribution is -0.159. The number of likely N-dealkylation sites (tertiary alicyclic amines) is 1. The van der Waals surface area contributed by atoms with Crippen molar-refractivity contribution in [2.45, 2.75) is 32.2 Å². The maximum atomic E-state index is 13.5. The molecule has 1 aromatic heterocycles. The highest BCUT2D eigenvalue weighted by Crippen LogP contribution is 2.29. The van der Waals surface area contributed by atoms with Crippen molar-refractivity contribution >= 4 is 23.0 Å². The van der Waals surface area contributed by atoms with Crippen molar-refractivity contribution in [3.05, 3.63) is 83.4 Å². The van der Waals surface area contributed by atoms with Crippen molar-refractivity contribution < 1.29 is 38.4 Å². The first-order chi connectivity index (χ1) is 21.2. The summed E-state index contributed by atoms with van der Waals surface area (Å²) in [6.07, 6.45) is 4.21. The van der Waals surface area contributed by atoms with E-state index in [0.29, 0.717) is 12.5 Å². The standard InChI is InChI=1S/C31H36FN3O3.C2H2O4/c1-36-26-9-10-27-28(20-26)35(21-24-4-7-25(32)8-5-24)31(33-27)19-23-13-16-34(17-14-23)15-12-22-6-11-29(37-2)30(18-22)38-3;3-1(4)2(5)6/h4-11,18,20,23H,12-17,19,21H2,1-3H3;(H,3,4)(H,5,6). The summed E-state index contributed by atoms with van der Waals surface area (Å²) in [5, 5.41) is 14.8. The number of hydrogen-bond acceptors (Lipinski definition) is 7. The Morgan fingerprint density at radius 2 is 1.52 bits per heavy atom. The number of hydrogen-bond donors (Lipinski definition) is 2. The fraction of sp³-hybridized carbons (Fsp3) is 0.364. The minimum Gasteiger partial charge on any atom is -0.497 e. The highest BCUT2D eigenvalue weighted by atomic mass is 19.1. The molecule has 1 aliphatic rings. The third kappa shape index (κ3) is 8.47. The largest absolute Gasteiger partial charge is 0.497 e. The third-order valence-electron chi connectivity index (χ3n) is 7.81. The lowest BCUT2D eigenvalue weighted by Gasteiger charge is -2.32. The van der Waals surface area contributed by atoms with Gasteiger partial charge in [-0.3, -0.25) is 0 Å². The molecule has 1 aliphatic heterocycles. The fourth-order valence-electron chi connectivity index (χ4n) is 5.38. The summed E-state index contributed by atoms with van der Waals surface area (Å²) in [6, 6.07) is 18.9. The molecule has 11 heteroatoms. The van der Waals surface area contributed by atoms with Gasteiger partial charge in [-0.05, 0) is 85.8 Å². The summed E-state index contributed by atoms with van der Waals surface area (Å²) in [7, 11) is 5.02. The van der Waals surface area contributed by atoms with E-state index in [2.05, 4.69) is 21.6 Å². The SMILES string of the molecule is COc1ccc2nc(CC3CCN(CCc4ccc(OC)c(OC)c4)CC3)n(Cc3ccc(F)cc3)c2c1.O=C(O)C(=O)O. The number of ether oxygens (including phenoxy) is 3. The molecule has 3 aromatic carbocycles. The van der Waals surface area contributed by atoms with E-state index in [1.807, 2.05) is 36.4 Å². The van der Waals surface area contributed by atoms with E-state index < -0.39 is 11.9 Å². The van der Waals surface area contributed by atoms with E-state index in [-0.39, 0.29) is 5.82 Å². The van der Waals surface area contributed by atoms with Crippen LogP contribution in [0.4, 0.5) is 4.39 Å². The smallest absolute Gasteiger partial charge is 0.414 e. The van der Waals surface area contributed by atoms with Gasteiger partial charge in [0.15, 0.2) is 11.5 Å². The number of rotatable bonds is 10. The van der Waals surface area contributed by atoms with Gasteiger partial charge in [0.1, 0.15) is 17.4 Å². The Balaban J connectivity index is 0.000000670. The third-order valence-corrected chi connectivity index (χ3v) is 7.81. The number of benzene rings is 3. The Kier molecular flexibility index (Phi) is 11.1. The zero-order chi connectivity index (χ0) is 31.6. The number of methoxy groups -OCH3 is 3. The van der Waals surface area contributed by atoms with Gasteiger partial charge in [0.25, 0.3) is 0 Å². The minimum atomic E-state index is -1.82. The molecule has 1 saturated heterocycles. The van der Waals surface area contributed by atoms with Gasteiger partial charge >= 0.3 is 11.9 Å². The maximum Gasteiger partial charge on any atom is 0.414 e. The number of carboxylic acid groups (broad SMARTS) is 2. The van der Waals surface area contributed by atoms with Crippen LogP contribution in [-0.2, 0) is 29.0 Å². The van der Waals surface area contributed by atoms with Crippen molar-refractivity contribution in [2.24, 2.45) is 5.92 Å². The Bertz CT molecular complexity index is 1550. The fourth-order valence-corrected chi connectivity index (χ4v) is 5.38. The van der Waals surface area contributed by atoms with Crippen molar-refractivity contribution in [1.29, 1.82) is 0 Å². The van der Waals surface area contributed by atoms with Gasteiger partial charge < -0.3 is 33.9 Å². The van der Waals surface area contributed by atoms with Crippen LogP contribution in [0.5, 0.6) is 17.2 Å². The minimum absolute atomic E-state index is 0.219. The maximum absolute atomic E-state index is 13.5. The van der Waals surface area contributed by atoms with E-state index in [0.717, 1.165) is 85.0 Å². The summed E-state index contributed by atoms with van der Waals surface area (Å²) in [6.45, 7) is 3.86. The first-order valence-electron chi connectivity index (χ1n) is 14.4. The van der Waals surface area contributed by atoms with Crippen LogP contribution in [0.2, 0.25) is 0 Å². The molecule has 4 aromatic rings. The Labute approximate surface area is 255 Å². The summed E-state index contributed by atoms with van der Waals surface area (Å²) >= 11 is 0. The van der Waals surface area contributed by atoms with Crippen LogP contribution < -0.4 is 14.2 Å². The number of fused-ring (bicyclic) bond motifs is 1. The number of nitrogens with zero attached hydrogens (tertiary/aromatic N) is 3. The van der Waals surface area contributed by atoms with Gasteiger partial charge in [-0.1, -0.05) is 18.2 Å².